The standard InChI is InChI=1S/C28H37F2N3O3.C22H33BrN2O3.C6H5F2N/c1-28(2,3)36-27(35)33-16-13-20(14-17-33)21-8-7-9-23(18-21)32-26(34)10-5-4-6-15-31-22-11-12-24(29)25(30)19-22;1-22(2,3)28-21(27)25-14-11-17(12-15-25)18-8-7-9-19(16-18)24-20(26)10-5-4-6-13-23;7-5-2-1-4(9)3-6(5)8/h7-9,11-12,18-20,31H,4-6,10,13-17H2,1-3H3,(H,32,34);7-9,16-17H,4-6,10-15H2,1-3H3,(H,24,26);1-3H,9H2. The topological polar surface area (TPSA) is 155 Å². The Balaban J connectivity index is 0.000000275. The van der Waals surface area contributed by atoms with Crippen molar-refractivity contribution in [3.63, 3.8) is 0 Å². The highest BCUT2D eigenvalue weighted by atomic mass is 79.9. The van der Waals surface area contributed by atoms with Crippen LogP contribution in [0.15, 0.2) is 84.9 Å². The number of nitrogen functional groups attached to an aromatic ring is 1. The number of nitrogens with zero attached hydrogens (tertiary/aromatic N) is 2. The highest BCUT2D eigenvalue weighted by molar-refractivity contribution is 9.09. The van der Waals surface area contributed by atoms with E-state index in [2.05, 4.69) is 50.1 Å². The highest BCUT2D eigenvalue weighted by Gasteiger charge is 2.29. The predicted molar refractivity (Wildman–Crippen MR) is 286 cm³/mol. The van der Waals surface area contributed by atoms with Crippen LogP contribution in [0.3, 0.4) is 0 Å². The van der Waals surface area contributed by atoms with E-state index in [1.54, 1.807) is 9.80 Å². The quantitative estimate of drug-likeness (QED) is 0.0374. The number of benzene rings is 4. The summed E-state index contributed by atoms with van der Waals surface area (Å²) in [6.45, 7) is 14.6. The van der Waals surface area contributed by atoms with Gasteiger partial charge in [-0.25, -0.2) is 27.2 Å². The summed E-state index contributed by atoms with van der Waals surface area (Å²) < 4.78 is 61.3. The number of hydrogen-bond acceptors (Lipinski definition) is 8. The van der Waals surface area contributed by atoms with Crippen molar-refractivity contribution in [2.45, 2.75) is 142 Å². The van der Waals surface area contributed by atoms with E-state index in [-0.39, 0.29) is 29.7 Å². The van der Waals surface area contributed by atoms with Crippen LogP contribution < -0.4 is 21.7 Å². The minimum Gasteiger partial charge on any atom is -0.444 e. The number of carbonyl (C=O) groups is 4. The van der Waals surface area contributed by atoms with Gasteiger partial charge < -0.3 is 41.0 Å². The minimum absolute atomic E-state index is 0.0274. The summed E-state index contributed by atoms with van der Waals surface area (Å²) in [6, 6.07) is 23.0. The van der Waals surface area contributed by atoms with Gasteiger partial charge in [0.2, 0.25) is 11.8 Å². The zero-order valence-corrected chi connectivity index (χ0v) is 44.9. The van der Waals surface area contributed by atoms with Gasteiger partial charge in [-0.05, 0) is 177 Å². The molecule has 4 amide bonds. The Morgan fingerprint density at radius 3 is 1.41 bits per heavy atom. The SMILES string of the molecule is CC(C)(C)OC(=O)N1CCC(c2cccc(NC(=O)CCCCCBr)c2)CC1.CC(C)(C)OC(=O)N1CCC(c2cccc(NC(=O)CCCCCNc3ccc(F)c(F)c3)c2)CC1.Nc1ccc(F)c(F)c1. The van der Waals surface area contributed by atoms with Crippen molar-refractivity contribution in [2.75, 3.05) is 59.7 Å². The summed E-state index contributed by atoms with van der Waals surface area (Å²) in [6.07, 6.45) is 9.51. The first-order valence-corrected chi connectivity index (χ1v) is 26.4. The van der Waals surface area contributed by atoms with Crippen molar-refractivity contribution in [1.82, 2.24) is 9.80 Å². The lowest BCUT2D eigenvalue weighted by atomic mass is 9.89. The third kappa shape index (κ3) is 22.9. The number of hydrogen-bond donors (Lipinski definition) is 4. The van der Waals surface area contributed by atoms with Crippen molar-refractivity contribution in [3.05, 3.63) is 119 Å². The van der Waals surface area contributed by atoms with Gasteiger partial charge in [-0.1, -0.05) is 53.0 Å². The number of carbonyl (C=O) groups excluding carboxylic acids is 4. The highest BCUT2D eigenvalue weighted by Crippen LogP contribution is 2.32. The lowest BCUT2D eigenvalue weighted by molar-refractivity contribution is -0.117. The number of amides is 4. The zero-order chi connectivity index (χ0) is 53.6. The molecule has 2 saturated heterocycles. The molecule has 6 rings (SSSR count). The molecular formula is C56H75BrF4N6O6. The van der Waals surface area contributed by atoms with E-state index in [4.69, 9.17) is 15.2 Å². The van der Waals surface area contributed by atoms with Crippen LogP contribution in [0.4, 0.5) is 49.9 Å². The van der Waals surface area contributed by atoms with E-state index in [9.17, 15) is 36.7 Å². The Bertz CT molecular complexity index is 2380. The molecule has 5 N–H and O–H groups in total. The largest absolute Gasteiger partial charge is 0.444 e. The van der Waals surface area contributed by atoms with Crippen molar-refractivity contribution in [2.24, 2.45) is 0 Å². The van der Waals surface area contributed by atoms with Crippen LogP contribution in [-0.2, 0) is 19.1 Å². The number of ether oxygens (including phenoxy) is 2. The van der Waals surface area contributed by atoms with E-state index in [1.807, 2.05) is 71.9 Å². The first-order valence-electron chi connectivity index (χ1n) is 25.3. The van der Waals surface area contributed by atoms with Gasteiger partial charge in [0.15, 0.2) is 23.3 Å². The molecule has 17 heteroatoms. The maximum absolute atomic E-state index is 13.2. The molecule has 2 fully saturated rings. The minimum atomic E-state index is -0.907. The second-order valence-electron chi connectivity index (χ2n) is 20.4. The molecule has 0 aromatic heterocycles. The molecule has 0 radical (unpaired) electrons. The number of nitrogens with one attached hydrogen (secondary N) is 3. The van der Waals surface area contributed by atoms with Gasteiger partial charge in [0.1, 0.15) is 11.2 Å². The molecule has 73 heavy (non-hydrogen) atoms. The van der Waals surface area contributed by atoms with Crippen LogP contribution >= 0.6 is 15.9 Å². The molecule has 0 aliphatic carbocycles. The van der Waals surface area contributed by atoms with Gasteiger partial charge in [0.05, 0.1) is 0 Å². The van der Waals surface area contributed by atoms with Gasteiger partial charge in [-0.2, -0.15) is 0 Å². The molecule has 2 heterocycles. The third-order valence-corrected chi connectivity index (χ3v) is 12.4. The number of rotatable bonds is 16. The Kier molecular flexibility index (Phi) is 24.3. The van der Waals surface area contributed by atoms with Crippen LogP contribution in [-0.4, -0.2) is 83.1 Å². The smallest absolute Gasteiger partial charge is 0.410 e. The fourth-order valence-electron chi connectivity index (χ4n) is 8.13. The summed E-state index contributed by atoms with van der Waals surface area (Å²) in [7, 11) is 0. The van der Waals surface area contributed by atoms with E-state index in [1.165, 1.54) is 23.3 Å². The second kappa shape index (κ2) is 29.8. The average molecular weight is 1080 g/mol. The number of anilines is 4. The second-order valence-corrected chi connectivity index (χ2v) is 21.2. The molecule has 0 unspecified atom stereocenters. The van der Waals surface area contributed by atoms with Crippen molar-refractivity contribution in [1.29, 1.82) is 0 Å². The summed E-state index contributed by atoms with van der Waals surface area (Å²) in [4.78, 5) is 52.6. The zero-order valence-electron chi connectivity index (χ0n) is 43.3. The lowest BCUT2D eigenvalue weighted by Crippen LogP contribution is -2.41. The molecule has 2 aliphatic rings. The van der Waals surface area contributed by atoms with Crippen molar-refractivity contribution >= 4 is 62.7 Å². The molecule has 0 bridgehead atoms. The fraction of sp³-hybridized carbons (Fsp3) is 0.500. The maximum Gasteiger partial charge on any atom is 0.410 e. The van der Waals surface area contributed by atoms with Crippen LogP contribution in [0.25, 0.3) is 0 Å². The molecule has 0 saturated carbocycles. The molecule has 400 valence electrons. The summed E-state index contributed by atoms with van der Waals surface area (Å²) in [5.74, 6) is -2.73. The molecule has 12 nitrogen and oxygen atoms in total. The molecule has 4 aromatic carbocycles. The van der Waals surface area contributed by atoms with Gasteiger partial charge in [-0.15, -0.1) is 0 Å². The van der Waals surface area contributed by atoms with E-state index < -0.39 is 34.5 Å². The van der Waals surface area contributed by atoms with Crippen molar-refractivity contribution in [3.8, 4) is 0 Å². The van der Waals surface area contributed by atoms with Crippen LogP contribution in [0.1, 0.15) is 142 Å². The maximum atomic E-state index is 13.2. The van der Waals surface area contributed by atoms with Gasteiger partial charge in [0.25, 0.3) is 0 Å². The molecule has 2 aliphatic heterocycles. The molecular weight excluding hydrogens is 1010 g/mol. The lowest BCUT2D eigenvalue weighted by Gasteiger charge is -2.33. The average Bonchev–Trinajstić information content (AvgIpc) is 3.33. The Hall–Kier alpha value is -5.84. The van der Waals surface area contributed by atoms with Crippen LogP contribution in [0, 0.1) is 23.3 Å². The van der Waals surface area contributed by atoms with E-state index >= 15 is 0 Å². The van der Waals surface area contributed by atoms with Gasteiger partial charge in [0, 0.05) is 73.6 Å². The van der Waals surface area contributed by atoms with E-state index in [0.29, 0.717) is 63.1 Å². The molecule has 4 aromatic rings. The number of unbranched alkanes of at least 4 members (excludes halogenated alkanes) is 4. The monoisotopic (exact) mass is 1080 g/mol. The van der Waals surface area contributed by atoms with Crippen LogP contribution in [0.2, 0.25) is 0 Å². The normalized spacial score (nSPS) is 14.2. The summed E-state index contributed by atoms with van der Waals surface area (Å²) in [5.41, 5.74) is 8.97. The Morgan fingerprint density at radius 2 is 1.00 bits per heavy atom. The predicted octanol–water partition coefficient (Wildman–Crippen LogP) is 13.9. The number of likely N-dealkylation sites (tertiary alicyclic amines) is 2. The van der Waals surface area contributed by atoms with Crippen LogP contribution in [0.5, 0.6) is 0 Å². The number of alkyl halides is 1. The molecule has 0 atom stereocenters. The first kappa shape index (κ1) is 59.7. The van der Waals surface area contributed by atoms with Gasteiger partial charge in [-0.3, -0.25) is 9.59 Å². The number of nitrogens with two attached hydrogens (primary N) is 1. The Labute approximate surface area is 437 Å². The summed E-state index contributed by atoms with van der Waals surface area (Å²) >= 11 is 3.41. The third-order valence-electron chi connectivity index (χ3n) is 11.9. The van der Waals surface area contributed by atoms with Gasteiger partial charge >= 0.3 is 12.2 Å². The summed E-state index contributed by atoms with van der Waals surface area (Å²) in [5, 5.41) is 10.1. The first-order chi connectivity index (χ1) is 34.6. The van der Waals surface area contributed by atoms with E-state index in [0.717, 1.165) is 105 Å². The van der Waals surface area contributed by atoms with Crippen molar-refractivity contribution < 1.29 is 46.2 Å². The number of halogens is 5. The fourth-order valence-corrected chi connectivity index (χ4v) is 8.52. The Morgan fingerprint density at radius 1 is 0.562 bits per heavy atom. The molecule has 0 spiro atoms. The number of piperidine rings is 2.